The van der Waals surface area contributed by atoms with Gasteiger partial charge >= 0.3 is 5.97 Å². The van der Waals surface area contributed by atoms with E-state index in [0.717, 1.165) is 17.3 Å². The first-order valence-corrected chi connectivity index (χ1v) is 5.65. The first kappa shape index (κ1) is 12.2. The van der Waals surface area contributed by atoms with Gasteiger partial charge in [0.15, 0.2) is 6.10 Å². The molecule has 72 valence electrons. The number of alkyl halides is 1. The van der Waals surface area contributed by atoms with Crippen molar-refractivity contribution in [2.24, 2.45) is 0 Å². The summed E-state index contributed by atoms with van der Waals surface area (Å²) >= 11 is 2.11. The highest BCUT2D eigenvalue weighted by molar-refractivity contribution is 14.1. The van der Waals surface area contributed by atoms with Gasteiger partial charge in [0, 0.05) is 4.43 Å². The second-order valence-electron chi connectivity index (χ2n) is 2.51. The van der Waals surface area contributed by atoms with Crippen LogP contribution in [0.2, 0.25) is 0 Å². The van der Waals surface area contributed by atoms with Crippen LogP contribution in [-0.2, 0) is 9.53 Å². The minimum atomic E-state index is -0.932. The number of hydrogen-bond acceptors (Lipinski definition) is 3. The molecule has 0 aromatic rings. The van der Waals surface area contributed by atoms with E-state index in [1.165, 1.54) is 0 Å². The molecule has 0 heterocycles. The largest absolute Gasteiger partial charge is 0.464 e. The Morgan fingerprint density at radius 2 is 2.33 bits per heavy atom. The van der Waals surface area contributed by atoms with E-state index in [1.807, 2.05) is 6.92 Å². The maximum absolute atomic E-state index is 10.9. The molecule has 1 unspecified atom stereocenters. The van der Waals surface area contributed by atoms with Crippen LogP contribution in [0, 0.1) is 0 Å². The van der Waals surface area contributed by atoms with Gasteiger partial charge < -0.3 is 9.84 Å². The highest BCUT2D eigenvalue weighted by atomic mass is 127. The molecule has 1 N–H and O–H groups in total. The fourth-order valence-corrected chi connectivity index (χ4v) is 1.22. The van der Waals surface area contributed by atoms with Crippen LogP contribution in [-0.4, -0.2) is 28.2 Å². The maximum Gasteiger partial charge on any atom is 0.334 e. The molecular weight excluding hydrogens is 271 g/mol. The van der Waals surface area contributed by atoms with Gasteiger partial charge in [0.1, 0.15) is 0 Å². The Morgan fingerprint density at radius 3 is 2.83 bits per heavy atom. The molecule has 1 atom stereocenters. The van der Waals surface area contributed by atoms with Crippen LogP contribution < -0.4 is 0 Å². The first-order chi connectivity index (χ1) is 5.72. The molecule has 4 heteroatoms. The van der Waals surface area contributed by atoms with Gasteiger partial charge in [0.05, 0.1) is 6.61 Å². The molecular formula is C8H15IO3. The van der Waals surface area contributed by atoms with E-state index >= 15 is 0 Å². The van der Waals surface area contributed by atoms with Gasteiger partial charge in [-0.3, -0.25) is 0 Å². The third-order valence-electron chi connectivity index (χ3n) is 1.40. The number of rotatable bonds is 6. The number of aliphatic hydroxyl groups is 1. The Morgan fingerprint density at radius 1 is 1.67 bits per heavy atom. The molecule has 0 aromatic carbocycles. The van der Waals surface area contributed by atoms with Crippen molar-refractivity contribution in [2.75, 3.05) is 11.0 Å². The van der Waals surface area contributed by atoms with Crippen LogP contribution in [0.1, 0.15) is 26.2 Å². The van der Waals surface area contributed by atoms with Crippen LogP contribution in [0.3, 0.4) is 0 Å². The maximum atomic E-state index is 10.9. The van der Waals surface area contributed by atoms with Crippen molar-refractivity contribution >= 4 is 28.6 Å². The topological polar surface area (TPSA) is 46.5 Å². The number of hydrogen-bond donors (Lipinski definition) is 1. The van der Waals surface area contributed by atoms with Gasteiger partial charge in [0.2, 0.25) is 0 Å². The number of esters is 1. The Kier molecular flexibility index (Phi) is 7.89. The minimum Gasteiger partial charge on any atom is -0.464 e. The van der Waals surface area contributed by atoms with Crippen molar-refractivity contribution in [2.45, 2.75) is 32.3 Å². The average molecular weight is 286 g/mol. The lowest BCUT2D eigenvalue weighted by Gasteiger charge is -2.08. The number of carbonyl (C=O) groups is 1. The zero-order chi connectivity index (χ0) is 9.40. The minimum absolute atomic E-state index is 0.424. The highest BCUT2D eigenvalue weighted by Gasteiger charge is 2.14. The van der Waals surface area contributed by atoms with E-state index in [2.05, 4.69) is 22.6 Å². The van der Waals surface area contributed by atoms with Crippen molar-refractivity contribution in [3.05, 3.63) is 0 Å². The smallest absolute Gasteiger partial charge is 0.334 e. The molecule has 0 spiro atoms. The molecule has 0 rings (SSSR count). The van der Waals surface area contributed by atoms with Crippen molar-refractivity contribution in [1.29, 1.82) is 0 Å². The molecule has 0 aliphatic rings. The summed E-state index contributed by atoms with van der Waals surface area (Å²) in [6.45, 7) is 2.45. The molecule has 0 aliphatic heterocycles. The van der Waals surface area contributed by atoms with Crippen LogP contribution >= 0.6 is 22.6 Å². The molecule has 0 saturated carbocycles. The predicted molar refractivity (Wildman–Crippen MR) is 55.4 cm³/mol. The molecule has 0 aliphatic carbocycles. The summed E-state index contributed by atoms with van der Waals surface area (Å²) in [7, 11) is 0. The molecule has 0 radical (unpaired) electrons. The molecule has 0 bridgehead atoms. The van der Waals surface area contributed by atoms with Crippen molar-refractivity contribution < 1.29 is 14.6 Å². The van der Waals surface area contributed by atoms with Crippen LogP contribution in [0.4, 0.5) is 0 Å². The Labute approximate surface area is 86.6 Å². The lowest BCUT2D eigenvalue weighted by atomic mass is 10.3. The van der Waals surface area contributed by atoms with Gasteiger partial charge in [0.25, 0.3) is 0 Å². The summed E-state index contributed by atoms with van der Waals surface area (Å²) < 4.78 is 5.57. The second-order valence-corrected chi connectivity index (χ2v) is 3.59. The van der Waals surface area contributed by atoms with E-state index in [0.29, 0.717) is 13.0 Å². The Hall–Kier alpha value is 0.160. The molecule has 0 aromatic heterocycles. The summed E-state index contributed by atoms with van der Waals surface area (Å²) in [5.41, 5.74) is 0. The molecule has 3 nitrogen and oxygen atoms in total. The SMILES string of the molecule is CCCCOC(=O)C(O)CCI. The lowest BCUT2D eigenvalue weighted by Crippen LogP contribution is -2.23. The summed E-state index contributed by atoms with van der Waals surface area (Å²) in [5, 5.41) is 9.14. The van der Waals surface area contributed by atoms with Gasteiger partial charge in [-0.25, -0.2) is 4.79 Å². The van der Waals surface area contributed by atoms with Gasteiger partial charge in [-0.1, -0.05) is 35.9 Å². The summed E-state index contributed by atoms with van der Waals surface area (Å²) in [6, 6.07) is 0. The first-order valence-electron chi connectivity index (χ1n) is 4.13. The summed E-state index contributed by atoms with van der Waals surface area (Å²) in [6.07, 6.45) is 1.41. The fourth-order valence-electron chi connectivity index (χ4n) is 0.634. The normalized spacial score (nSPS) is 12.6. The third-order valence-corrected chi connectivity index (χ3v) is 2.02. The number of halogens is 1. The van der Waals surface area contributed by atoms with Gasteiger partial charge in [-0.05, 0) is 12.8 Å². The molecule has 0 fully saturated rings. The van der Waals surface area contributed by atoms with Crippen LogP contribution in [0.5, 0.6) is 0 Å². The second kappa shape index (κ2) is 7.79. The third kappa shape index (κ3) is 5.77. The zero-order valence-corrected chi connectivity index (χ0v) is 9.41. The Bertz CT molecular complexity index is 127. The van der Waals surface area contributed by atoms with Crippen molar-refractivity contribution in [3.8, 4) is 0 Å². The lowest BCUT2D eigenvalue weighted by molar-refractivity contribution is -0.153. The number of carbonyl (C=O) groups excluding carboxylic acids is 1. The van der Waals surface area contributed by atoms with Gasteiger partial charge in [-0.2, -0.15) is 0 Å². The average Bonchev–Trinajstić information content (AvgIpc) is 2.05. The monoisotopic (exact) mass is 286 g/mol. The summed E-state index contributed by atoms with van der Waals surface area (Å²) in [4.78, 5) is 10.9. The van der Waals surface area contributed by atoms with Crippen LogP contribution in [0.15, 0.2) is 0 Å². The standard InChI is InChI=1S/C8H15IO3/c1-2-3-6-12-8(11)7(10)4-5-9/h7,10H,2-6H2,1H3. The van der Waals surface area contributed by atoms with E-state index in [9.17, 15) is 4.79 Å². The quantitative estimate of drug-likeness (QED) is 0.348. The number of aliphatic hydroxyl groups excluding tert-OH is 1. The van der Waals surface area contributed by atoms with E-state index in [1.54, 1.807) is 0 Å². The van der Waals surface area contributed by atoms with E-state index in [-0.39, 0.29) is 0 Å². The molecule has 0 amide bonds. The summed E-state index contributed by atoms with van der Waals surface area (Å²) in [5.74, 6) is -0.486. The van der Waals surface area contributed by atoms with Crippen molar-refractivity contribution in [1.82, 2.24) is 0 Å². The fraction of sp³-hybridized carbons (Fsp3) is 0.875. The highest BCUT2D eigenvalue weighted by Crippen LogP contribution is 1.99. The number of unbranched alkanes of at least 4 members (excludes halogenated alkanes) is 1. The van der Waals surface area contributed by atoms with E-state index < -0.39 is 12.1 Å². The predicted octanol–water partition coefficient (Wildman–Crippen LogP) is 1.52. The molecule has 12 heavy (non-hydrogen) atoms. The van der Waals surface area contributed by atoms with Gasteiger partial charge in [-0.15, -0.1) is 0 Å². The molecule has 0 saturated heterocycles. The Balaban J connectivity index is 3.43. The number of ether oxygens (including phenoxy) is 1. The zero-order valence-electron chi connectivity index (χ0n) is 7.25. The van der Waals surface area contributed by atoms with Crippen LogP contribution in [0.25, 0.3) is 0 Å². The van der Waals surface area contributed by atoms with E-state index in [4.69, 9.17) is 9.84 Å². The van der Waals surface area contributed by atoms with Crippen molar-refractivity contribution in [3.63, 3.8) is 0 Å².